The summed E-state index contributed by atoms with van der Waals surface area (Å²) in [6.45, 7) is 8.81. The summed E-state index contributed by atoms with van der Waals surface area (Å²) in [6, 6.07) is 0.107. The zero-order chi connectivity index (χ0) is 16.9. The minimum absolute atomic E-state index is 0.107. The molecule has 0 aromatic carbocycles. The lowest BCUT2D eigenvalue weighted by Gasteiger charge is -2.27. The molecular weight excluding hydrogens is 296 g/mol. The van der Waals surface area contributed by atoms with E-state index >= 15 is 0 Å². The summed E-state index contributed by atoms with van der Waals surface area (Å²) < 4.78 is 4.61. The van der Waals surface area contributed by atoms with E-state index in [2.05, 4.69) is 10.1 Å². The Hall–Kier alpha value is -2.38. The Bertz CT molecular complexity index is 915. The lowest BCUT2D eigenvalue weighted by molar-refractivity contribution is 0.590. The average molecular weight is 318 g/mol. The maximum atomic E-state index is 12.8. The first-order chi connectivity index (χ1) is 10.9. The van der Waals surface area contributed by atoms with Gasteiger partial charge in [-0.2, -0.15) is 10.1 Å². The summed E-state index contributed by atoms with van der Waals surface area (Å²) in [6.07, 6.45) is 0.722. The van der Waals surface area contributed by atoms with Crippen molar-refractivity contribution in [3.05, 3.63) is 20.8 Å². The molecule has 2 aromatic heterocycles. The predicted octanol–water partition coefficient (Wildman–Crippen LogP) is 0.911. The van der Waals surface area contributed by atoms with Gasteiger partial charge in [-0.25, -0.2) is 9.80 Å². The summed E-state index contributed by atoms with van der Waals surface area (Å²) >= 11 is 0. The van der Waals surface area contributed by atoms with Gasteiger partial charge in [0.15, 0.2) is 11.2 Å². The molecule has 0 radical (unpaired) electrons. The molecular formula is C15H22N6O2. The standard InChI is InChI=1S/C15H22N6O2/c1-6-7-19-13(22)11-12(18(5)15(19)23)16-14-20(11)8-10(4)17-21(14)9(2)3/h9H,6-8H2,1-5H3. The molecule has 0 N–H and O–H groups in total. The molecule has 0 aliphatic carbocycles. The van der Waals surface area contributed by atoms with E-state index in [1.807, 2.05) is 32.3 Å². The first-order valence-corrected chi connectivity index (χ1v) is 7.90. The van der Waals surface area contributed by atoms with Crippen LogP contribution in [0.1, 0.15) is 34.1 Å². The molecule has 2 aromatic rings. The summed E-state index contributed by atoms with van der Waals surface area (Å²) in [5.74, 6) is 0.613. The third-order valence-electron chi connectivity index (χ3n) is 4.02. The van der Waals surface area contributed by atoms with E-state index in [-0.39, 0.29) is 17.3 Å². The Labute approximate surface area is 133 Å². The van der Waals surface area contributed by atoms with Gasteiger partial charge in [-0.1, -0.05) is 6.92 Å². The summed E-state index contributed by atoms with van der Waals surface area (Å²) in [5.41, 5.74) is 1.18. The Morgan fingerprint density at radius 1 is 1.26 bits per heavy atom. The molecule has 23 heavy (non-hydrogen) atoms. The van der Waals surface area contributed by atoms with Crippen LogP contribution in [0, 0.1) is 0 Å². The number of aryl methyl sites for hydroxylation is 1. The first kappa shape index (κ1) is 15.5. The lowest BCUT2D eigenvalue weighted by Crippen LogP contribution is -2.40. The van der Waals surface area contributed by atoms with E-state index in [9.17, 15) is 9.59 Å². The summed E-state index contributed by atoms with van der Waals surface area (Å²) in [7, 11) is 1.66. The predicted molar refractivity (Wildman–Crippen MR) is 90.2 cm³/mol. The van der Waals surface area contributed by atoms with Crippen LogP contribution in [0.2, 0.25) is 0 Å². The van der Waals surface area contributed by atoms with Crippen LogP contribution in [0.5, 0.6) is 0 Å². The third kappa shape index (κ3) is 2.20. The Morgan fingerprint density at radius 2 is 1.96 bits per heavy atom. The van der Waals surface area contributed by atoms with Crippen molar-refractivity contribution in [1.82, 2.24) is 18.7 Å². The molecule has 124 valence electrons. The van der Waals surface area contributed by atoms with Gasteiger partial charge in [0.25, 0.3) is 5.56 Å². The van der Waals surface area contributed by atoms with Crippen molar-refractivity contribution >= 4 is 22.8 Å². The molecule has 3 heterocycles. The Kier molecular flexibility index (Phi) is 3.62. The molecule has 0 unspecified atom stereocenters. The van der Waals surface area contributed by atoms with Gasteiger partial charge in [-0.3, -0.25) is 18.5 Å². The number of anilines is 1. The molecule has 0 bridgehead atoms. The number of rotatable bonds is 3. The van der Waals surface area contributed by atoms with Crippen molar-refractivity contribution < 1.29 is 0 Å². The first-order valence-electron chi connectivity index (χ1n) is 7.90. The number of hydrogen-bond donors (Lipinski definition) is 0. The average Bonchev–Trinajstić information content (AvgIpc) is 2.87. The molecule has 8 nitrogen and oxygen atoms in total. The van der Waals surface area contributed by atoms with Gasteiger partial charge >= 0.3 is 5.69 Å². The van der Waals surface area contributed by atoms with Crippen molar-refractivity contribution in [3.63, 3.8) is 0 Å². The monoisotopic (exact) mass is 318 g/mol. The van der Waals surface area contributed by atoms with Crippen LogP contribution in [0.4, 0.5) is 5.95 Å². The number of fused-ring (bicyclic) bond motifs is 3. The molecule has 3 rings (SSSR count). The van der Waals surface area contributed by atoms with Crippen LogP contribution >= 0.6 is 0 Å². The Balaban J connectivity index is 2.40. The number of nitrogens with zero attached hydrogens (tertiary/aromatic N) is 6. The van der Waals surface area contributed by atoms with Crippen molar-refractivity contribution in [1.29, 1.82) is 0 Å². The van der Waals surface area contributed by atoms with Crippen LogP contribution < -0.4 is 16.3 Å². The van der Waals surface area contributed by atoms with Crippen LogP contribution in [-0.2, 0) is 20.1 Å². The van der Waals surface area contributed by atoms with Crippen LogP contribution in [0.15, 0.2) is 14.7 Å². The number of aromatic nitrogens is 4. The largest absolute Gasteiger partial charge is 0.332 e. The van der Waals surface area contributed by atoms with Gasteiger partial charge in [0.1, 0.15) is 0 Å². The van der Waals surface area contributed by atoms with Crippen molar-refractivity contribution in [3.8, 4) is 0 Å². The molecule has 0 saturated heterocycles. The minimum Gasteiger partial charge on any atom is -0.297 e. The van der Waals surface area contributed by atoms with Crippen molar-refractivity contribution in [2.75, 3.05) is 5.01 Å². The van der Waals surface area contributed by atoms with Crippen LogP contribution in [-0.4, -0.2) is 30.4 Å². The fourth-order valence-electron chi connectivity index (χ4n) is 2.94. The van der Waals surface area contributed by atoms with Crippen molar-refractivity contribution in [2.24, 2.45) is 12.1 Å². The molecule has 0 amide bonds. The second kappa shape index (κ2) is 5.36. The minimum atomic E-state index is -0.325. The zero-order valence-corrected chi connectivity index (χ0v) is 14.2. The maximum Gasteiger partial charge on any atom is 0.332 e. The van der Waals surface area contributed by atoms with E-state index in [0.717, 1.165) is 12.1 Å². The van der Waals surface area contributed by atoms with Gasteiger partial charge in [-0.05, 0) is 27.2 Å². The van der Waals surface area contributed by atoms with E-state index in [1.165, 1.54) is 9.13 Å². The molecule has 0 saturated carbocycles. The molecule has 0 fully saturated rings. The lowest BCUT2D eigenvalue weighted by atomic mass is 10.3. The van der Waals surface area contributed by atoms with Crippen LogP contribution in [0.3, 0.4) is 0 Å². The quantitative estimate of drug-likeness (QED) is 0.843. The van der Waals surface area contributed by atoms with Crippen LogP contribution in [0.25, 0.3) is 11.2 Å². The van der Waals surface area contributed by atoms with Crippen molar-refractivity contribution in [2.45, 2.75) is 53.2 Å². The van der Waals surface area contributed by atoms with E-state index in [4.69, 9.17) is 0 Å². The van der Waals surface area contributed by atoms with Gasteiger partial charge in [0, 0.05) is 13.6 Å². The second-order valence-electron chi connectivity index (χ2n) is 6.24. The topological polar surface area (TPSA) is 77.4 Å². The fraction of sp³-hybridized carbons (Fsp3) is 0.600. The summed E-state index contributed by atoms with van der Waals surface area (Å²) in [5, 5.41) is 6.33. The maximum absolute atomic E-state index is 12.8. The highest BCUT2D eigenvalue weighted by Gasteiger charge is 2.27. The van der Waals surface area contributed by atoms with E-state index in [1.54, 1.807) is 12.1 Å². The third-order valence-corrected chi connectivity index (χ3v) is 4.02. The number of hydrogen-bond acceptors (Lipinski definition) is 5. The SMILES string of the molecule is CCCn1c(=O)c2c(nc3n2CC(C)=NN3C(C)C)n(C)c1=O. The molecule has 1 aliphatic rings. The van der Waals surface area contributed by atoms with Gasteiger partial charge in [0.2, 0.25) is 5.95 Å². The number of imidazole rings is 1. The molecule has 0 spiro atoms. The highest BCUT2D eigenvalue weighted by atomic mass is 16.2. The van der Waals surface area contributed by atoms with Gasteiger partial charge < -0.3 is 0 Å². The normalized spacial score (nSPS) is 14.5. The molecule has 8 heteroatoms. The molecule has 1 aliphatic heterocycles. The van der Waals surface area contributed by atoms with Gasteiger partial charge in [-0.15, -0.1) is 0 Å². The smallest absolute Gasteiger partial charge is 0.297 e. The summed E-state index contributed by atoms with van der Waals surface area (Å²) in [4.78, 5) is 29.8. The highest BCUT2D eigenvalue weighted by molar-refractivity contribution is 5.87. The fourth-order valence-corrected chi connectivity index (χ4v) is 2.94. The van der Waals surface area contributed by atoms with E-state index in [0.29, 0.717) is 30.2 Å². The number of hydrazone groups is 1. The second-order valence-corrected chi connectivity index (χ2v) is 6.24. The van der Waals surface area contributed by atoms with E-state index < -0.39 is 0 Å². The molecule has 0 atom stereocenters. The van der Waals surface area contributed by atoms with Gasteiger partial charge in [0.05, 0.1) is 18.3 Å². The zero-order valence-electron chi connectivity index (χ0n) is 14.2. The Morgan fingerprint density at radius 3 is 2.57 bits per heavy atom. The highest BCUT2D eigenvalue weighted by Crippen LogP contribution is 2.25.